The highest BCUT2D eigenvalue weighted by Gasteiger charge is 1.95. The van der Waals surface area contributed by atoms with Crippen molar-refractivity contribution in [2.24, 2.45) is 0 Å². The van der Waals surface area contributed by atoms with Crippen LogP contribution in [0.5, 0.6) is 0 Å². The lowest BCUT2D eigenvalue weighted by molar-refractivity contribution is -0.136. The largest absolute Gasteiger partial charge is 0.478 e. The first-order valence-electron chi connectivity index (χ1n) is 4.84. The summed E-state index contributed by atoms with van der Waals surface area (Å²) in [5.41, 5.74) is 0.433. The Morgan fingerprint density at radius 2 is 1.32 bits per heavy atom. The topological polar surface area (TPSA) is 101 Å². The van der Waals surface area contributed by atoms with E-state index in [1.165, 1.54) is 7.11 Å². The van der Waals surface area contributed by atoms with Crippen LogP contribution in [-0.4, -0.2) is 35.2 Å². The SMILES string of the molecule is C=C(C)C(=O)OC.C=CC=C.O=C(O)C=CC(=O)O. The number of esters is 1. The predicted molar refractivity (Wildman–Crippen MR) is 71.6 cm³/mol. The van der Waals surface area contributed by atoms with E-state index in [9.17, 15) is 14.4 Å². The quantitative estimate of drug-likeness (QED) is 0.459. The van der Waals surface area contributed by atoms with E-state index in [1.807, 2.05) is 0 Å². The molecule has 2 N–H and O–H groups in total. The summed E-state index contributed by atoms with van der Waals surface area (Å²) in [6, 6.07) is 0. The number of carboxylic acid groups (broad SMARTS) is 2. The van der Waals surface area contributed by atoms with Gasteiger partial charge in [-0.2, -0.15) is 0 Å². The standard InChI is InChI=1S/C5H8O2.C4H4O4.C4H6/c1-4(2)5(6)7-3;5-3(6)1-2-4(7)8;1-3-4-2/h1H2,2-3H3;1-2H,(H,5,6)(H,7,8);3-4H,1-2H2. The van der Waals surface area contributed by atoms with E-state index in [4.69, 9.17) is 10.2 Å². The van der Waals surface area contributed by atoms with Gasteiger partial charge in [-0.25, -0.2) is 14.4 Å². The van der Waals surface area contributed by atoms with Gasteiger partial charge in [0.25, 0.3) is 0 Å². The molecule has 0 unspecified atom stereocenters. The minimum Gasteiger partial charge on any atom is -0.478 e. The van der Waals surface area contributed by atoms with Crippen LogP contribution in [0.15, 0.2) is 49.6 Å². The van der Waals surface area contributed by atoms with Gasteiger partial charge in [-0.3, -0.25) is 0 Å². The fourth-order valence-corrected chi connectivity index (χ4v) is 0.317. The maximum atomic E-state index is 10.2. The van der Waals surface area contributed by atoms with Gasteiger partial charge in [0.05, 0.1) is 7.11 Å². The predicted octanol–water partition coefficient (Wildman–Crippen LogP) is 1.81. The fourth-order valence-electron chi connectivity index (χ4n) is 0.317. The molecule has 0 saturated heterocycles. The maximum absolute atomic E-state index is 10.2. The Bertz CT molecular complexity index is 343. The first-order chi connectivity index (χ1) is 8.72. The van der Waals surface area contributed by atoms with Crippen LogP contribution >= 0.6 is 0 Å². The van der Waals surface area contributed by atoms with E-state index in [0.29, 0.717) is 17.7 Å². The molecule has 0 atom stereocenters. The molecule has 0 aliphatic rings. The van der Waals surface area contributed by atoms with Crippen molar-refractivity contribution in [3.63, 3.8) is 0 Å². The molecule has 0 saturated carbocycles. The number of hydrogen-bond acceptors (Lipinski definition) is 4. The lowest BCUT2D eigenvalue weighted by Crippen LogP contribution is -1.98. The highest BCUT2D eigenvalue weighted by molar-refractivity contribution is 5.89. The minimum atomic E-state index is -1.26. The van der Waals surface area contributed by atoms with Crippen molar-refractivity contribution < 1.29 is 29.3 Å². The molecule has 6 nitrogen and oxygen atoms in total. The zero-order valence-corrected chi connectivity index (χ0v) is 11.0. The van der Waals surface area contributed by atoms with Crippen molar-refractivity contribution in [3.05, 3.63) is 49.6 Å². The summed E-state index contributed by atoms with van der Waals surface area (Å²) in [6.07, 6.45) is 4.39. The van der Waals surface area contributed by atoms with Crippen LogP contribution in [0.25, 0.3) is 0 Å². The first kappa shape index (κ1) is 21.6. The minimum absolute atomic E-state index is 0.347. The van der Waals surface area contributed by atoms with Gasteiger partial charge in [0.1, 0.15) is 0 Å². The third-order valence-corrected chi connectivity index (χ3v) is 1.07. The Hall–Kier alpha value is -2.63. The normalized spacial score (nSPS) is 7.89. The summed E-state index contributed by atoms with van der Waals surface area (Å²) in [6.45, 7) is 11.7. The smallest absolute Gasteiger partial charge is 0.332 e. The monoisotopic (exact) mass is 270 g/mol. The molecule has 106 valence electrons. The molecule has 0 amide bonds. The molecular formula is C13H18O6. The van der Waals surface area contributed by atoms with Gasteiger partial charge in [0.2, 0.25) is 0 Å². The van der Waals surface area contributed by atoms with Gasteiger partial charge in [-0.05, 0) is 6.92 Å². The van der Waals surface area contributed by atoms with E-state index >= 15 is 0 Å². The number of carbonyl (C=O) groups excluding carboxylic acids is 1. The molecule has 0 fully saturated rings. The summed E-state index contributed by atoms with van der Waals surface area (Å²) < 4.78 is 4.27. The van der Waals surface area contributed by atoms with Gasteiger partial charge in [0, 0.05) is 17.7 Å². The number of allylic oxidation sites excluding steroid dienone is 2. The Labute approximate surface area is 112 Å². The average molecular weight is 270 g/mol. The van der Waals surface area contributed by atoms with E-state index < -0.39 is 11.9 Å². The fraction of sp³-hybridized carbons (Fsp3) is 0.154. The van der Waals surface area contributed by atoms with Crippen molar-refractivity contribution >= 4 is 17.9 Å². The lowest BCUT2D eigenvalue weighted by Gasteiger charge is -1.91. The van der Waals surface area contributed by atoms with Gasteiger partial charge in [0.15, 0.2) is 0 Å². The van der Waals surface area contributed by atoms with Crippen LogP contribution in [0, 0.1) is 0 Å². The molecule has 0 spiro atoms. The number of carboxylic acids is 2. The van der Waals surface area contributed by atoms with Crippen molar-refractivity contribution in [2.45, 2.75) is 6.92 Å². The molecule has 6 heteroatoms. The molecule has 19 heavy (non-hydrogen) atoms. The van der Waals surface area contributed by atoms with E-state index in [-0.39, 0.29) is 5.97 Å². The zero-order valence-electron chi connectivity index (χ0n) is 11.0. The molecule has 0 aliphatic heterocycles. The lowest BCUT2D eigenvalue weighted by atomic mass is 10.4. The number of carbonyl (C=O) groups is 3. The van der Waals surface area contributed by atoms with Crippen LogP contribution in [0.1, 0.15) is 6.92 Å². The van der Waals surface area contributed by atoms with E-state index in [1.54, 1.807) is 19.1 Å². The second kappa shape index (κ2) is 15.4. The number of methoxy groups -OCH3 is 1. The van der Waals surface area contributed by atoms with Gasteiger partial charge in [-0.1, -0.05) is 31.9 Å². The Morgan fingerprint density at radius 3 is 1.37 bits per heavy atom. The van der Waals surface area contributed by atoms with Crippen molar-refractivity contribution in [1.29, 1.82) is 0 Å². The molecule has 0 aromatic heterocycles. The van der Waals surface area contributed by atoms with Gasteiger partial charge < -0.3 is 14.9 Å². The third kappa shape index (κ3) is 31.3. The molecule has 0 aliphatic carbocycles. The van der Waals surface area contributed by atoms with Gasteiger partial charge in [-0.15, -0.1) is 0 Å². The first-order valence-corrected chi connectivity index (χ1v) is 4.84. The molecule has 0 heterocycles. The highest BCUT2D eigenvalue weighted by Crippen LogP contribution is 1.87. The Balaban J connectivity index is -0.000000214. The van der Waals surface area contributed by atoms with Crippen molar-refractivity contribution in [2.75, 3.05) is 7.11 Å². The average Bonchev–Trinajstić information content (AvgIpc) is 2.36. The summed E-state index contributed by atoms with van der Waals surface area (Å²) in [7, 11) is 1.33. The molecule has 0 aromatic rings. The summed E-state index contributed by atoms with van der Waals surface area (Å²) >= 11 is 0. The van der Waals surface area contributed by atoms with Crippen LogP contribution in [0.2, 0.25) is 0 Å². The second-order valence-electron chi connectivity index (χ2n) is 2.75. The van der Waals surface area contributed by atoms with Crippen LogP contribution in [-0.2, 0) is 19.1 Å². The van der Waals surface area contributed by atoms with Gasteiger partial charge >= 0.3 is 17.9 Å². The second-order valence-corrected chi connectivity index (χ2v) is 2.75. The van der Waals surface area contributed by atoms with E-state index in [0.717, 1.165) is 0 Å². The molecule has 0 bridgehead atoms. The van der Waals surface area contributed by atoms with Crippen molar-refractivity contribution in [1.82, 2.24) is 0 Å². The maximum Gasteiger partial charge on any atom is 0.332 e. The Kier molecular flexibility index (Phi) is 17.5. The Morgan fingerprint density at radius 1 is 1.00 bits per heavy atom. The number of ether oxygens (including phenoxy) is 1. The molecule has 0 radical (unpaired) electrons. The summed E-state index contributed by atoms with van der Waals surface area (Å²) in [5.74, 6) is -2.86. The number of hydrogen-bond donors (Lipinski definition) is 2. The molecular weight excluding hydrogens is 252 g/mol. The zero-order chi connectivity index (χ0) is 15.8. The third-order valence-electron chi connectivity index (χ3n) is 1.07. The molecule has 0 rings (SSSR count). The summed E-state index contributed by atoms with van der Waals surface area (Å²) in [4.78, 5) is 29.3. The van der Waals surface area contributed by atoms with Crippen LogP contribution < -0.4 is 0 Å². The van der Waals surface area contributed by atoms with Crippen molar-refractivity contribution in [3.8, 4) is 0 Å². The highest BCUT2D eigenvalue weighted by atomic mass is 16.5. The van der Waals surface area contributed by atoms with Crippen LogP contribution in [0.4, 0.5) is 0 Å². The van der Waals surface area contributed by atoms with E-state index in [2.05, 4.69) is 24.5 Å². The van der Waals surface area contributed by atoms with Crippen LogP contribution in [0.3, 0.4) is 0 Å². The number of rotatable bonds is 4. The molecule has 0 aromatic carbocycles. The number of aliphatic carboxylic acids is 2. The summed E-state index contributed by atoms with van der Waals surface area (Å²) in [5, 5.41) is 15.6.